The average Bonchev–Trinajstić information content (AvgIpc) is 2.71. The summed E-state index contributed by atoms with van der Waals surface area (Å²) in [6.45, 7) is 4.09. The third kappa shape index (κ3) is 3.68. The zero-order valence-corrected chi connectivity index (χ0v) is 15.5. The lowest BCUT2D eigenvalue weighted by Crippen LogP contribution is -2.43. The standard InChI is InChI=1S/C13H21BrN2O3S2/c1-3-10-8-15(2)5-4-6-16(10)21(18,19)12-7-11(9-17)20-13(12)14/h7,10,17H,3-6,8-9H2,1-2H3. The van der Waals surface area contributed by atoms with Gasteiger partial charge in [0.05, 0.1) is 10.4 Å². The highest BCUT2D eigenvalue weighted by Crippen LogP contribution is 2.35. The van der Waals surface area contributed by atoms with E-state index in [0.29, 0.717) is 15.2 Å². The number of hydrogen-bond donors (Lipinski definition) is 1. The van der Waals surface area contributed by atoms with Gasteiger partial charge in [0.2, 0.25) is 10.0 Å². The van der Waals surface area contributed by atoms with Crippen molar-refractivity contribution in [2.24, 2.45) is 0 Å². The van der Waals surface area contributed by atoms with Crippen LogP contribution in [0.2, 0.25) is 0 Å². The number of sulfonamides is 1. The molecular weight excluding hydrogens is 376 g/mol. The van der Waals surface area contributed by atoms with E-state index in [9.17, 15) is 13.5 Å². The van der Waals surface area contributed by atoms with Crippen molar-refractivity contribution in [2.45, 2.75) is 37.3 Å². The summed E-state index contributed by atoms with van der Waals surface area (Å²) < 4.78 is 28.1. The summed E-state index contributed by atoms with van der Waals surface area (Å²) in [5, 5.41) is 9.20. The molecule has 0 amide bonds. The first-order valence-corrected chi connectivity index (χ1v) is 10.0. The van der Waals surface area contributed by atoms with Gasteiger partial charge in [-0.25, -0.2) is 8.42 Å². The largest absolute Gasteiger partial charge is 0.391 e. The van der Waals surface area contributed by atoms with E-state index < -0.39 is 10.0 Å². The van der Waals surface area contributed by atoms with Gasteiger partial charge in [0.1, 0.15) is 4.90 Å². The maximum atomic E-state index is 13.0. The Morgan fingerprint density at radius 1 is 1.48 bits per heavy atom. The van der Waals surface area contributed by atoms with Crippen LogP contribution in [0.25, 0.3) is 0 Å². The summed E-state index contributed by atoms with van der Waals surface area (Å²) in [6.07, 6.45) is 1.62. The summed E-state index contributed by atoms with van der Waals surface area (Å²) >= 11 is 4.60. The molecule has 1 unspecified atom stereocenters. The molecule has 5 nitrogen and oxygen atoms in total. The van der Waals surface area contributed by atoms with Gasteiger partial charge in [-0.1, -0.05) is 6.92 Å². The molecule has 0 saturated carbocycles. The summed E-state index contributed by atoms with van der Waals surface area (Å²) in [5.74, 6) is 0. The van der Waals surface area contributed by atoms with Crippen LogP contribution in [0.15, 0.2) is 14.7 Å². The van der Waals surface area contributed by atoms with Crippen molar-refractivity contribution in [3.63, 3.8) is 0 Å². The van der Waals surface area contributed by atoms with Crippen molar-refractivity contribution in [3.8, 4) is 0 Å². The van der Waals surface area contributed by atoms with E-state index in [1.165, 1.54) is 11.3 Å². The lowest BCUT2D eigenvalue weighted by molar-refractivity contribution is 0.270. The van der Waals surface area contributed by atoms with Gasteiger partial charge in [-0.2, -0.15) is 4.31 Å². The molecule has 0 aliphatic carbocycles. The van der Waals surface area contributed by atoms with Crippen molar-refractivity contribution in [3.05, 3.63) is 14.7 Å². The minimum Gasteiger partial charge on any atom is -0.391 e. The number of rotatable bonds is 4. The van der Waals surface area contributed by atoms with Gasteiger partial charge in [-0.15, -0.1) is 11.3 Å². The highest BCUT2D eigenvalue weighted by Gasteiger charge is 2.34. The Kier molecular flexibility index (Phi) is 5.84. The zero-order chi connectivity index (χ0) is 15.6. The monoisotopic (exact) mass is 396 g/mol. The van der Waals surface area contributed by atoms with Crippen LogP contribution >= 0.6 is 27.3 Å². The first-order chi connectivity index (χ1) is 9.90. The van der Waals surface area contributed by atoms with Gasteiger partial charge in [0.15, 0.2) is 0 Å². The number of thiophene rings is 1. The zero-order valence-electron chi connectivity index (χ0n) is 12.2. The number of nitrogens with zero attached hydrogens (tertiary/aromatic N) is 2. The third-order valence-corrected chi connectivity index (χ3v) is 7.96. The van der Waals surface area contributed by atoms with E-state index in [4.69, 9.17) is 0 Å². The third-order valence-electron chi connectivity index (χ3n) is 3.77. The van der Waals surface area contributed by atoms with Crippen molar-refractivity contribution < 1.29 is 13.5 Å². The predicted molar refractivity (Wildman–Crippen MR) is 88.0 cm³/mol. The Hall–Kier alpha value is 0.01000. The maximum absolute atomic E-state index is 13.0. The normalized spacial score (nSPS) is 22.4. The Bertz CT molecular complexity index is 588. The minimum atomic E-state index is -3.53. The van der Waals surface area contributed by atoms with Gasteiger partial charge in [-0.3, -0.25) is 0 Å². The smallest absolute Gasteiger partial charge is 0.245 e. The van der Waals surface area contributed by atoms with Crippen LogP contribution in [0.4, 0.5) is 0 Å². The van der Waals surface area contributed by atoms with Crippen LogP contribution in [0.5, 0.6) is 0 Å². The summed E-state index contributed by atoms with van der Waals surface area (Å²) in [4.78, 5) is 3.12. The van der Waals surface area contributed by atoms with E-state index in [2.05, 4.69) is 20.8 Å². The fourth-order valence-corrected chi connectivity index (χ4v) is 6.87. The quantitative estimate of drug-likeness (QED) is 0.846. The number of aliphatic hydroxyl groups excluding tert-OH is 1. The number of halogens is 1. The fourth-order valence-electron chi connectivity index (χ4n) is 2.65. The molecule has 0 radical (unpaired) electrons. The lowest BCUT2D eigenvalue weighted by atomic mass is 10.2. The van der Waals surface area contributed by atoms with Crippen LogP contribution < -0.4 is 0 Å². The molecular formula is C13H21BrN2O3S2. The molecule has 0 bridgehead atoms. The van der Waals surface area contributed by atoms with Gasteiger partial charge >= 0.3 is 0 Å². The van der Waals surface area contributed by atoms with Gasteiger partial charge in [-0.05, 0) is 48.4 Å². The molecule has 0 spiro atoms. The second-order valence-electron chi connectivity index (χ2n) is 5.30. The highest BCUT2D eigenvalue weighted by molar-refractivity contribution is 9.11. The Morgan fingerprint density at radius 2 is 2.19 bits per heavy atom. The molecule has 1 fully saturated rings. The summed E-state index contributed by atoms with van der Waals surface area (Å²) in [6, 6.07) is 1.57. The molecule has 1 atom stereocenters. The molecule has 1 N–H and O–H groups in total. The fraction of sp³-hybridized carbons (Fsp3) is 0.692. The van der Waals surface area contributed by atoms with Crippen molar-refractivity contribution in [2.75, 3.05) is 26.7 Å². The van der Waals surface area contributed by atoms with Crippen LogP contribution in [0, 0.1) is 0 Å². The van der Waals surface area contributed by atoms with Crippen LogP contribution in [-0.2, 0) is 16.6 Å². The Balaban J connectivity index is 2.38. The average molecular weight is 397 g/mol. The van der Waals surface area contributed by atoms with E-state index in [1.807, 2.05) is 14.0 Å². The van der Waals surface area contributed by atoms with Crippen LogP contribution in [-0.4, -0.2) is 55.5 Å². The Labute approximate surface area is 138 Å². The van der Waals surface area contributed by atoms with Gasteiger partial charge < -0.3 is 10.0 Å². The number of likely N-dealkylation sites (N-methyl/N-ethyl adjacent to an activating group) is 1. The van der Waals surface area contributed by atoms with Crippen molar-refractivity contribution in [1.82, 2.24) is 9.21 Å². The minimum absolute atomic E-state index is 0.00752. The first kappa shape index (κ1) is 17.4. The molecule has 1 aromatic heterocycles. The second-order valence-corrected chi connectivity index (χ2v) is 9.62. The molecule has 21 heavy (non-hydrogen) atoms. The summed E-state index contributed by atoms with van der Waals surface area (Å²) in [7, 11) is -1.50. The summed E-state index contributed by atoms with van der Waals surface area (Å²) in [5.41, 5.74) is 0. The van der Waals surface area contributed by atoms with E-state index >= 15 is 0 Å². The van der Waals surface area contributed by atoms with Crippen LogP contribution in [0.3, 0.4) is 0 Å². The van der Waals surface area contributed by atoms with Crippen LogP contribution in [0.1, 0.15) is 24.6 Å². The number of hydrogen-bond acceptors (Lipinski definition) is 5. The van der Waals surface area contributed by atoms with E-state index in [1.54, 1.807) is 10.4 Å². The molecule has 1 saturated heterocycles. The SMILES string of the molecule is CCC1CN(C)CCCN1S(=O)(=O)c1cc(CO)sc1Br. The molecule has 2 rings (SSSR count). The first-order valence-electron chi connectivity index (χ1n) is 6.99. The Morgan fingerprint density at radius 3 is 2.76 bits per heavy atom. The van der Waals surface area contributed by atoms with Crippen molar-refractivity contribution >= 4 is 37.3 Å². The van der Waals surface area contributed by atoms with E-state index in [-0.39, 0.29) is 17.5 Å². The maximum Gasteiger partial charge on any atom is 0.245 e. The van der Waals surface area contributed by atoms with E-state index in [0.717, 1.165) is 25.9 Å². The van der Waals surface area contributed by atoms with Gasteiger partial charge in [0, 0.05) is 24.0 Å². The molecule has 1 aliphatic heterocycles. The van der Waals surface area contributed by atoms with Gasteiger partial charge in [0.25, 0.3) is 0 Å². The lowest BCUT2D eigenvalue weighted by Gasteiger charge is -2.29. The van der Waals surface area contributed by atoms with Crippen molar-refractivity contribution in [1.29, 1.82) is 0 Å². The second kappa shape index (κ2) is 7.06. The molecule has 8 heteroatoms. The molecule has 1 aromatic rings. The molecule has 120 valence electrons. The topological polar surface area (TPSA) is 60.9 Å². The number of aliphatic hydroxyl groups is 1. The molecule has 2 heterocycles. The predicted octanol–water partition coefficient (Wildman–Crippen LogP) is 2.11. The molecule has 0 aromatic carbocycles. The highest BCUT2D eigenvalue weighted by atomic mass is 79.9. The molecule has 1 aliphatic rings.